The van der Waals surface area contributed by atoms with Gasteiger partial charge < -0.3 is 10.1 Å². The molecule has 0 spiro atoms. The Morgan fingerprint density at radius 3 is 2.64 bits per heavy atom. The highest BCUT2D eigenvalue weighted by molar-refractivity contribution is 5.98. The molecule has 1 amide bonds. The van der Waals surface area contributed by atoms with E-state index in [2.05, 4.69) is 24.4 Å². The third-order valence-electron chi connectivity index (χ3n) is 8.15. The monoisotopic (exact) mass is 446 g/mol. The molecule has 1 saturated carbocycles. The van der Waals surface area contributed by atoms with Gasteiger partial charge >= 0.3 is 0 Å². The average Bonchev–Trinajstić information content (AvgIpc) is 3.00. The quantitative estimate of drug-likeness (QED) is 0.645. The van der Waals surface area contributed by atoms with Crippen molar-refractivity contribution in [1.82, 2.24) is 5.32 Å². The van der Waals surface area contributed by atoms with Crippen molar-refractivity contribution in [2.45, 2.75) is 70.8 Å². The molecule has 2 atom stereocenters. The van der Waals surface area contributed by atoms with Crippen LogP contribution in [0, 0.1) is 36.0 Å². The lowest BCUT2D eigenvalue weighted by molar-refractivity contribution is -0.125. The van der Waals surface area contributed by atoms with Gasteiger partial charge in [0.15, 0.2) is 5.78 Å². The van der Waals surface area contributed by atoms with E-state index in [1.54, 1.807) is 13.2 Å². The highest BCUT2D eigenvalue weighted by Crippen LogP contribution is 2.40. The summed E-state index contributed by atoms with van der Waals surface area (Å²) < 4.78 is 5.49. The maximum absolute atomic E-state index is 12.9. The van der Waals surface area contributed by atoms with Gasteiger partial charge in [-0.25, -0.2) is 0 Å². The van der Waals surface area contributed by atoms with Crippen LogP contribution in [0.15, 0.2) is 41.6 Å². The van der Waals surface area contributed by atoms with Gasteiger partial charge in [0.1, 0.15) is 5.60 Å². The zero-order valence-corrected chi connectivity index (χ0v) is 19.9. The number of fused-ring (bicyclic) bond motifs is 1. The van der Waals surface area contributed by atoms with Crippen LogP contribution in [0.2, 0.25) is 0 Å². The van der Waals surface area contributed by atoms with E-state index >= 15 is 0 Å². The Kier molecular flexibility index (Phi) is 6.86. The number of nitriles is 1. The van der Waals surface area contributed by atoms with Gasteiger partial charge in [-0.2, -0.15) is 5.26 Å². The predicted molar refractivity (Wildman–Crippen MR) is 127 cm³/mol. The Morgan fingerprint density at radius 1 is 1.18 bits per heavy atom. The first-order chi connectivity index (χ1) is 15.8. The van der Waals surface area contributed by atoms with Crippen molar-refractivity contribution in [2.75, 3.05) is 7.11 Å². The van der Waals surface area contributed by atoms with Gasteiger partial charge in [0.2, 0.25) is 5.91 Å². The van der Waals surface area contributed by atoms with Crippen LogP contribution in [0.5, 0.6) is 0 Å². The third-order valence-corrected chi connectivity index (χ3v) is 8.15. The van der Waals surface area contributed by atoms with E-state index in [1.807, 2.05) is 25.1 Å². The summed E-state index contributed by atoms with van der Waals surface area (Å²) in [5, 5.41) is 12.5. The zero-order valence-electron chi connectivity index (χ0n) is 19.9. The maximum Gasteiger partial charge on any atom is 0.227 e. The first kappa shape index (κ1) is 23.4. The molecule has 33 heavy (non-hydrogen) atoms. The normalized spacial score (nSPS) is 29.8. The minimum atomic E-state index is -0.630. The molecule has 4 rings (SSSR count). The van der Waals surface area contributed by atoms with E-state index in [0.717, 1.165) is 44.1 Å². The van der Waals surface area contributed by atoms with Crippen molar-refractivity contribution < 1.29 is 14.3 Å². The Bertz CT molecular complexity index is 1040. The number of aryl methyl sites for hydroxylation is 1. The molecule has 1 aromatic rings. The first-order valence-electron chi connectivity index (χ1n) is 12.1. The van der Waals surface area contributed by atoms with Gasteiger partial charge in [0.25, 0.3) is 0 Å². The number of benzene rings is 1. The Hall–Kier alpha value is -2.71. The molecule has 0 bridgehead atoms. The second-order valence-corrected chi connectivity index (χ2v) is 10.1. The smallest absolute Gasteiger partial charge is 0.227 e. The lowest BCUT2D eigenvalue weighted by Gasteiger charge is -2.33. The molecule has 3 aliphatic rings. The van der Waals surface area contributed by atoms with Gasteiger partial charge in [-0.3, -0.25) is 9.59 Å². The van der Waals surface area contributed by atoms with E-state index in [-0.39, 0.29) is 17.6 Å². The van der Waals surface area contributed by atoms with Crippen molar-refractivity contribution in [3.8, 4) is 6.07 Å². The van der Waals surface area contributed by atoms with E-state index in [0.29, 0.717) is 35.9 Å². The molecule has 2 unspecified atom stereocenters. The van der Waals surface area contributed by atoms with Crippen LogP contribution in [-0.4, -0.2) is 24.4 Å². The molecule has 1 N–H and O–H groups in total. The fraction of sp³-hybridized carbons (Fsp3) is 0.536. The van der Waals surface area contributed by atoms with Gasteiger partial charge in [-0.05, 0) is 81.4 Å². The number of methoxy groups -OCH3 is 1. The third kappa shape index (κ3) is 4.82. The number of hydrogen-bond donors (Lipinski definition) is 1. The van der Waals surface area contributed by atoms with Crippen molar-refractivity contribution in [2.24, 2.45) is 17.8 Å². The first-order valence-corrected chi connectivity index (χ1v) is 12.1. The number of allylic oxidation sites excluding steroid dienone is 1. The van der Waals surface area contributed by atoms with Crippen LogP contribution < -0.4 is 5.32 Å². The lowest BCUT2D eigenvalue weighted by atomic mass is 9.73. The van der Waals surface area contributed by atoms with Crippen molar-refractivity contribution >= 4 is 11.7 Å². The largest absolute Gasteiger partial charge is 0.373 e. The number of nitrogens with one attached hydrogen (secondary N) is 1. The van der Waals surface area contributed by atoms with Crippen LogP contribution in [0.3, 0.4) is 0 Å². The number of carbonyl (C=O) groups excluding carboxylic acids is 2. The molecule has 5 nitrogen and oxygen atoms in total. The molecule has 0 heterocycles. The second kappa shape index (κ2) is 9.65. The minimum absolute atomic E-state index is 0.0160. The molecule has 0 aromatic heterocycles. The van der Waals surface area contributed by atoms with Gasteiger partial charge in [0, 0.05) is 37.1 Å². The number of amides is 1. The molecule has 3 aliphatic carbocycles. The number of nitrogens with zero attached hydrogens (tertiary/aromatic N) is 1. The van der Waals surface area contributed by atoms with Crippen molar-refractivity contribution in [3.05, 3.63) is 58.3 Å². The summed E-state index contributed by atoms with van der Waals surface area (Å²) in [5.41, 5.74) is 3.96. The summed E-state index contributed by atoms with van der Waals surface area (Å²) in [7, 11) is 1.60. The Morgan fingerprint density at radius 2 is 1.94 bits per heavy atom. The van der Waals surface area contributed by atoms with Crippen LogP contribution in [-0.2, 0) is 16.0 Å². The molecule has 1 fully saturated rings. The van der Waals surface area contributed by atoms with Crippen molar-refractivity contribution in [3.63, 3.8) is 0 Å². The van der Waals surface area contributed by atoms with Gasteiger partial charge in [0.05, 0.1) is 11.6 Å². The van der Waals surface area contributed by atoms with E-state index in [9.17, 15) is 14.9 Å². The van der Waals surface area contributed by atoms with Crippen LogP contribution in [0.4, 0.5) is 0 Å². The summed E-state index contributed by atoms with van der Waals surface area (Å²) in [4.78, 5) is 25.8. The number of ether oxygens (including phenoxy) is 1. The lowest BCUT2D eigenvalue weighted by Crippen LogP contribution is -2.36. The second-order valence-electron chi connectivity index (χ2n) is 10.1. The number of hydrogen-bond acceptors (Lipinski definition) is 4. The fourth-order valence-electron chi connectivity index (χ4n) is 5.79. The summed E-state index contributed by atoms with van der Waals surface area (Å²) >= 11 is 0. The number of ketones is 1. The van der Waals surface area contributed by atoms with E-state index < -0.39 is 5.60 Å². The molecular weight excluding hydrogens is 412 g/mol. The highest BCUT2D eigenvalue weighted by atomic mass is 16.5. The van der Waals surface area contributed by atoms with Gasteiger partial charge in [-0.15, -0.1) is 0 Å². The van der Waals surface area contributed by atoms with Crippen molar-refractivity contribution in [1.29, 1.82) is 5.26 Å². The molecular formula is C28H34N2O3. The number of Topliss-reactive ketones (excluding diaryl/α,β-unsaturated/α-hetero) is 1. The molecule has 0 aliphatic heterocycles. The SMILES string of the molecule is COC1(C)CC=C(NC(=O)C2CCC(C3CCc4c(C)cccc4C(=O)C3)CC2)C=C1C#N. The topological polar surface area (TPSA) is 79.2 Å². The fourth-order valence-corrected chi connectivity index (χ4v) is 5.79. The summed E-state index contributed by atoms with van der Waals surface area (Å²) in [6.45, 7) is 3.99. The van der Waals surface area contributed by atoms with Gasteiger partial charge in [-0.1, -0.05) is 24.3 Å². The maximum atomic E-state index is 12.9. The molecule has 0 radical (unpaired) electrons. The highest BCUT2D eigenvalue weighted by Gasteiger charge is 2.35. The van der Waals surface area contributed by atoms with Crippen LogP contribution in [0.1, 0.15) is 73.4 Å². The van der Waals surface area contributed by atoms with Crippen LogP contribution in [0.25, 0.3) is 0 Å². The number of carbonyl (C=O) groups is 2. The number of rotatable bonds is 4. The molecule has 174 valence electrons. The van der Waals surface area contributed by atoms with E-state index in [1.165, 1.54) is 11.1 Å². The molecule has 1 aromatic carbocycles. The molecule has 5 heteroatoms. The molecule has 0 saturated heterocycles. The minimum Gasteiger partial charge on any atom is -0.373 e. The standard InChI is InChI=1S/C28H34N2O3/c1-18-5-4-6-25-24(18)12-11-21(15-26(25)31)19-7-9-20(10-8-19)27(32)30-23-13-14-28(2,33-3)22(16-23)17-29/h4-6,13,16,19-21H,7-12,14-15H2,1-3H3,(H,30,32). The predicted octanol–water partition coefficient (Wildman–Crippen LogP) is 5.20. The van der Waals surface area contributed by atoms with E-state index in [4.69, 9.17) is 4.74 Å². The Labute approximate surface area is 196 Å². The summed E-state index contributed by atoms with van der Waals surface area (Å²) in [5.74, 6) is 1.21. The average molecular weight is 447 g/mol. The Balaban J connectivity index is 1.33. The summed E-state index contributed by atoms with van der Waals surface area (Å²) in [6, 6.07) is 8.28. The van der Waals surface area contributed by atoms with Crippen LogP contribution >= 0.6 is 0 Å². The zero-order chi connectivity index (χ0) is 23.6. The summed E-state index contributed by atoms with van der Waals surface area (Å²) in [6.07, 6.45) is 10.6.